The number of rotatable bonds is 2. The molecule has 0 atom stereocenters. The number of hydrogen-bond donors (Lipinski definition) is 0. The number of nitrogens with zero attached hydrogens (tertiary/aromatic N) is 1. The molecule has 16 heavy (non-hydrogen) atoms. The molecule has 0 radical (unpaired) electrons. The zero-order chi connectivity index (χ0) is 11.5. The van der Waals surface area contributed by atoms with Crippen molar-refractivity contribution in [2.75, 3.05) is 7.11 Å². The van der Waals surface area contributed by atoms with E-state index in [1.807, 2.05) is 37.3 Å². The SMILES string of the molecule is COc1ccc(-c2cnc(Cl)cc2C)cc1. The Morgan fingerprint density at radius 1 is 1.19 bits per heavy atom. The Labute approximate surface area is 99.9 Å². The summed E-state index contributed by atoms with van der Waals surface area (Å²) in [5, 5.41) is 0.523. The first-order chi connectivity index (χ1) is 7.70. The van der Waals surface area contributed by atoms with Crippen molar-refractivity contribution in [2.24, 2.45) is 0 Å². The minimum absolute atomic E-state index is 0.523. The van der Waals surface area contributed by atoms with E-state index < -0.39 is 0 Å². The highest BCUT2D eigenvalue weighted by molar-refractivity contribution is 6.29. The van der Waals surface area contributed by atoms with Gasteiger partial charge in [-0.2, -0.15) is 0 Å². The van der Waals surface area contributed by atoms with E-state index in [0.717, 1.165) is 22.4 Å². The van der Waals surface area contributed by atoms with E-state index in [9.17, 15) is 0 Å². The molecule has 3 heteroatoms. The molecule has 0 spiro atoms. The lowest BCUT2D eigenvalue weighted by atomic mass is 10.0. The number of hydrogen-bond acceptors (Lipinski definition) is 2. The molecule has 0 amide bonds. The van der Waals surface area contributed by atoms with Crippen LogP contribution in [0.2, 0.25) is 5.15 Å². The molecular formula is C13H12ClNO. The summed E-state index contributed by atoms with van der Waals surface area (Å²) < 4.78 is 5.12. The number of aromatic nitrogens is 1. The maximum absolute atomic E-state index is 5.82. The van der Waals surface area contributed by atoms with Crippen LogP contribution in [0.5, 0.6) is 5.75 Å². The van der Waals surface area contributed by atoms with Gasteiger partial charge in [0.2, 0.25) is 0 Å². The Bertz CT molecular complexity index is 494. The van der Waals surface area contributed by atoms with Crippen molar-refractivity contribution in [3.05, 3.63) is 47.2 Å². The first-order valence-electron chi connectivity index (χ1n) is 4.97. The standard InChI is InChI=1S/C13H12ClNO/c1-9-7-13(14)15-8-12(9)10-3-5-11(16-2)6-4-10/h3-8H,1-2H3. The van der Waals surface area contributed by atoms with Crippen molar-refractivity contribution in [1.82, 2.24) is 4.98 Å². The van der Waals surface area contributed by atoms with Crippen LogP contribution < -0.4 is 4.74 Å². The molecule has 0 aliphatic rings. The number of ether oxygens (including phenoxy) is 1. The third-order valence-electron chi connectivity index (χ3n) is 2.48. The van der Waals surface area contributed by atoms with Gasteiger partial charge in [-0.3, -0.25) is 0 Å². The van der Waals surface area contributed by atoms with Crippen molar-refractivity contribution in [3.8, 4) is 16.9 Å². The van der Waals surface area contributed by atoms with Crippen molar-refractivity contribution in [1.29, 1.82) is 0 Å². The fraction of sp³-hybridized carbons (Fsp3) is 0.154. The van der Waals surface area contributed by atoms with Gasteiger partial charge in [0.1, 0.15) is 10.9 Å². The molecule has 2 rings (SSSR count). The molecule has 1 aromatic carbocycles. The van der Waals surface area contributed by atoms with Gasteiger partial charge in [-0.1, -0.05) is 23.7 Å². The average molecular weight is 234 g/mol. The van der Waals surface area contributed by atoms with E-state index >= 15 is 0 Å². The van der Waals surface area contributed by atoms with Gasteiger partial charge >= 0.3 is 0 Å². The molecule has 0 saturated carbocycles. The highest BCUT2D eigenvalue weighted by Crippen LogP contribution is 2.25. The Balaban J connectivity index is 2.42. The molecule has 0 fully saturated rings. The Morgan fingerprint density at radius 3 is 2.44 bits per heavy atom. The highest BCUT2D eigenvalue weighted by atomic mass is 35.5. The highest BCUT2D eigenvalue weighted by Gasteiger charge is 2.03. The fourth-order valence-electron chi connectivity index (χ4n) is 1.59. The first kappa shape index (κ1) is 11.0. The summed E-state index contributed by atoms with van der Waals surface area (Å²) in [6.07, 6.45) is 1.79. The van der Waals surface area contributed by atoms with Crippen molar-refractivity contribution in [2.45, 2.75) is 6.92 Å². The molecule has 0 saturated heterocycles. The van der Waals surface area contributed by atoms with Crippen LogP contribution in [0.1, 0.15) is 5.56 Å². The minimum Gasteiger partial charge on any atom is -0.497 e. The smallest absolute Gasteiger partial charge is 0.129 e. The molecule has 2 aromatic rings. The molecule has 0 N–H and O–H groups in total. The molecule has 0 aliphatic heterocycles. The minimum atomic E-state index is 0.523. The van der Waals surface area contributed by atoms with Crippen LogP contribution >= 0.6 is 11.6 Å². The summed E-state index contributed by atoms with van der Waals surface area (Å²) in [5.74, 6) is 0.850. The van der Waals surface area contributed by atoms with E-state index in [4.69, 9.17) is 16.3 Å². The lowest BCUT2D eigenvalue weighted by molar-refractivity contribution is 0.415. The zero-order valence-corrected chi connectivity index (χ0v) is 9.95. The van der Waals surface area contributed by atoms with E-state index in [1.165, 1.54) is 0 Å². The maximum Gasteiger partial charge on any atom is 0.129 e. The monoisotopic (exact) mass is 233 g/mol. The van der Waals surface area contributed by atoms with Crippen LogP contribution in [-0.2, 0) is 0 Å². The second-order valence-electron chi connectivity index (χ2n) is 3.55. The Kier molecular flexibility index (Phi) is 3.11. The summed E-state index contributed by atoms with van der Waals surface area (Å²) >= 11 is 5.82. The van der Waals surface area contributed by atoms with Gasteiger partial charge in [0.05, 0.1) is 7.11 Å². The van der Waals surface area contributed by atoms with Crippen molar-refractivity contribution in [3.63, 3.8) is 0 Å². The number of aryl methyl sites for hydroxylation is 1. The summed E-state index contributed by atoms with van der Waals surface area (Å²) in [6.45, 7) is 2.02. The van der Waals surface area contributed by atoms with Gasteiger partial charge in [-0.05, 0) is 36.2 Å². The third kappa shape index (κ3) is 2.17. The van der Waals surface area contributed by atoms with Crippen LogP contribution in [0, 0.1) is 6.92 Å². The number of methoxy groups -OCH3 is 1. The van der Waals surface area contributed by atoms with Crippen molar-refractivity contribution < 1.29 is 4.74 Å². The van der Waals surface area contributed by atoms with Gasteiger partial charge in [0.15, 0.2) is 0 Å². The second kappa shape index (κ2) is 4.54. The van der Waals surface area contributed by atoms with Gasteiger partial charge < -0.3 is 4.74 Å². The normalized spacial score (nSPS) is 10.2. The van der Waals surface area contributed by atoms with E-state index in [0.29, 0.717) is 5.15 Å². The predicted molar refractivity (Wildman–Crippen MR) is 66.0 cm³/mol. The third-order valence-corrected chi connectivity index (χ3v) is 2.69. The zero-order valence-electron chi connectivity index (χ0n) is 9.20. The van der Waals surface area contributed by atoms with Gasteiger partial charge in [-0.25, -0.2) is 4.98 Å². The largest absolute Gasteiger partial charge is 0.497 e. The topological polar surface area (TPSA) is 22.1 Å². The fourth-order valence-corrected chi connectivity index (χ4v) is 1.81. The van der Waals surface area contributed by atoms with E-state index in [1.54, 1.807) is 13.3 Å². The van der Waals surface area contributed by atoms with E-state index in [2.05, 4.69) is 4.98 Å². The molecule has 1 aromatic heterocycles. The Hall–Kier alpha value is -1.54. The summed E-state index contributed by atoms with van der Waals surface area (Å²) in [7, 11) is 1.66. The number of halogens is 1. The van der Waals surface area contributed by atoms with Crippen molar-refractivity contribution >= 4 is 11.6 Å². The lowest BCUT2D eigenvalue weighted by Crippen LogP contribution is -1.87. The number of benzene rings is 1. The molecule has 0 bridgehead atoms. The lowest BCUT2D eigenvalue weighted by Gasteiger charge is -2.06. The number of pyridine rings is 1. The van der Waals surface area contributed by atoms with Crippen LogP contribution in [0.15, 0.2) is 36.5 Å². The molecule has 1 heterocycles. The average Bonchev–Trinajstić information content (AvgIpc) is 2.29. The molecule has 0 aliphatic carbocycles. The van der Waals surface area contributed by atoms with Crippen LogP contribution in [0.4, 0.5) is 0 Å². The van der Waals surface area contributed by atoms with Gasteiger partial charge in [-0.15, -0.1) is 0 Å². The molecular weight excluding hydrogens is 222 g/mol. The molecule has 82 valence electrons. The van der Waals surface area contributed by atoms with E-state index in [-0.39, 0.29) is 0 Å². The molecule has 0 unspecified atom stereocenters. The van der Waals surface area contributed by atoms with Crippen LogP contribution in [0.25, 0.3) is 11.1 Å². The quantitative estimate of drug-likeness (QED) is 0.738. The predicted octanol–water partition coefficient (Wildman–Crippen LogP) is 3.72. The maximum atomic E-state index is 5.82. The van der Waals surface area contributed by atoms with Crippen LogP contribution in [0.3, 0.4) is 0 Å². The summed E-state index contributed by atoms with van der Waals surface area (Å²) in [5.41, 5.74) is 3.32. The first-order valence-corrected chi connectivity index (χ1v) is 5.35. The Morgan fingerprint density at radius 2 is 1.88 bits per heavy atom. The van der Waals surface area contributed by atoms with Gasteiger partial charge in [0.25, 0.3) is 0 Å². The summed E-state index contributed by atoms with van der Waals surface area (Å²) in [6, 6.07) is 9.75. The second-order valence-corrected chi connectivity index (χ2v) is 3.94. The molecule has 2 nitrogen and oxygen atoms in total. The summed E-state index contributed by atoms with van der Waals surface area (Å²) in [4.78, 5) is 4.09. The van der Waals surface area contributed by atoms with Crippen LogP contribution in [-0.4, -0.2) is 12.1 Å². The van der Waals surface area contributed by atoms with Gasteiger partial charge in [0, 0.05) is 11.8 Å².